The molecule has 6 heteroatoms. The van der Waals surface area contributed by atoms with Crippen molar-refractivity contribution in [1.82, 2.24) is 10.6 Å². The van der Waals surface area contributed by atoms with Crippen LogP contribution in [0.5, 0.6) is 0 Å². The van der Waals surface area contributed by atoms with Crippen molar-refractivity contribution in [2.75, 3.05) is 20.3 Å². The lowest BCUT2D eigenvalue weighted by molar-refractivity contribution is -0.131. The normalized spacial score (nSPS) is 10.1. The van der Waals surface area contributed by atoms with Crippen molar-refractivity contribution in [2.45, 2.75) is 6.42 Å². The predicted molar refractivity (Wildman–Crippen MR) is 49.8 cm³/mol. The molecule has 0 saturated carbocycles. The van der Waals surface area contributed by atoms with Crippen LogP contribution in [0.25, 0.3) is 0 Å². The van der Waals surface area contributed by atoms with Crippen LogP contribution in [0.3, 0.4) is 0 Å². The van der Waals surface area contributed by atoms with E-state index in [1.165, 1.54) is 0 Å². The lowest BCUT2D eigenvalue weighted by Gasteiger charge is -2.02. The highest BCUT2D eigenvalue weighted by atomic mass is 16.5. The van der Waals surface area contributed by atoms with Crippen LogP contribution < -0.4 is 10.6 Å². The van der Waals surface area contributed by atoms with Gasteiger partial charge in [-0.2, -0.15) is 0 Å². The van der Waals surface area contributed by atoms with E-state index in [1.54, 1.807) is 7.11 Å². The van der Waals surface area contributed by atoms with E-state index < -0.39 is 12.0 Å². The summed E-state index contributed by atoms with van der Waals surface area (Å²) in [5.74, 6) is -1.11. The molecule has 0 bridgehead atoms. The van der Waals surface area contributed by atoms with E-state index >= 15 is 0 Å². The number of carbonyl (C=O) groups is 2. The molecule has 0 unspecified atom stereocenters. The van der Waals surface area contributed by atoms with Gasteiger partial charge in [-0.05, 0) is 6.42 Å². The van der Waals surface area contributed by atoms with Gasteiger partial charge in [-0.25, -0.2) is 9.59 Å². The number of amides is 2. The maximum atomic E-state index is 10.9. The lowest BCUT2D eigenvalue weighted by Crippen LogP contribution is -2.33. The number of hydrogen-bond donors (Lipinski definition) is 3. The summed E-state index contributed by atoms with van der Waals surface area (Å²) in [5, 5.41) is 13.0. The number of carbonyl (C=O) groups excluding carboxylic acids is 1. The summed E-state index contributed by atoms with van der Waals surface area (Å²) in [6.07, 6.45) is 2.62. The van der Waals surface area contributed by atoms with Gasteiger partial charge < -0.3 is 20.5 Å². The third kappa shape index (κ3) is 8.54. The van der Waals surface area contributed by atoms with E-state index in [0.717, 1.165) is 12.3 Å². The quantitative estimate of drug-likeness (QED) is 0.415. The van der Waals surface area contributed by atoms with Gasteiger partial charge in [0.15, 0.2) is 0 Å². The van der Waals surface area contributed by atoms with Crippen molar-refractivity contribution in [3.8, 4) is 0 Å². The average Bonchev–Trinajstić information content (AvgIpc) is 2.12. The second-order valence-electron chi connectivity index (χ2n) is 2.42. The van der Waals surface area contributed by atoms with Crippen molar-refractivity contribution in [2.24, 2.45) is 0 Å². The summed E-state index contributed by atoms with van der Waals surface area (Å²) in [6.45, 7) is 1.06. The molecule has 0 fully saturated rings. The van der Waals surface area contributed by atoms with E-state index in [2.05, 4.69) is 10.6 Å². The zero-order chi connectivity index (χ0) is 10.8. The molecule has 0 heterocycles. The van der Waals surface area contributed by atoms with Gasteiger partial charge in [0.25, 0.3) is 0 Å². The van der Waals surface area contributed by atoms with Gasteiger partial charge in [-0.1, -0.05) is 0 Å². The van der Waals surface area contributed by atoms with E-state index in [4.69, 9.17) is 9.84 Å². The third-order valence-electron chi connectivity index (χ3n) is 1.25. The largest absolute Gasteiger partial charge is 0.478 e. The highest BCUT2D eigenvalue weighted by Gasteiger charge is 1.95. The van der Waals surface area contributed by atoms with Gasteiger partial charge in [0, 0.05) is 32.5 Å². The Labute approximate surface area is 81.9 Å². The molecule has 6 nitrogen and oxygen atoms in total. The van der Waals surface area contributed by atoms with Gasteiger partial charge >= 0.3 is 12.0 Å². The van der Waals surface area contributed by atoms with E-state index in [1.807, 2.05) is 0 Å². The molecular weight excluding hydrogens is 188 g/mol. The molecule has 0 spiro atoms. The average molecular weight is 202 g/mol. The number of ether oxygens (including phenoxy) is 1. The SMILES string of the molecule is COCCCNC(=O)N/C=C/C(=O)O. The number of aliphatic carboxylic acids is 1. The van der Waals surface area contributed by atoms with Gasteiger partial charge in [0.2, 0.25) is 0 Å². The summed E-state index contributed by atoms with van der Waals surface area (Å²) in [6, 6.07) is -0.432. The fraction of sp³-hybridized carbons (Fsp3) is 0.500. The number of carboxylic acid groups (broad SMARTS) is 1. The third-order valence-corrected chi connectivity index (χ3v) is 1.25. The van der Waals surface area contributed by atoms with Crippen LogP contribution in [0.1, 0.15) is 6.42 Å². The van der Waals surface area contributed by atoms with E-state index in [0.29, 0.717) is 19.6 Å². The van der Waals surface area contributed by atoms with E-state index in [-0.39, 0.29) is 0 Å². The molecule has 0 aromatic carbocycles. The van der Waals surface area contributed by atoms with Crippen LogP contribution in [0.15, 0.2) is 12.3 Å². The number of hydrogen-bond acceptors (Lipinski definition) is 3. The van der Waals surface area contributed by atoms with Gasteiger partial charge in [0.05, 0.1) is 0 Å². The molecule has 3 N–H and O–H groups in total. The second kappa shape index (κ2) is 8.06. The van der Waals surface area contributed by atoms with Gasteiger partial charge in [0.1, 0.15) is 0 Å². The molecule has 14 heavy (non-hydrogen) atoms. The van der Waals surface area contributed by atoms with Crippen LogP contribution in [-0.2, 0) is 9.53 Å². The summed E-state index contributed by atoms with van der Waals surface area (Å²) in [4.78, 5) is 20.9. The van der Waals surface area contributed by atoms with Crippen LogP contribution in [0, 0.1) is 0 Å². The second-order valence-corrected chi connectivity index (χ2v) is 2.42. The number of nitrogens with one attached hydrogen (secondary N) is 2. The van der Waals surface area contributed by atoms with Crippen molar-refractivity contribution >= 4 is 12.0 Å². The Bertz CT molecular complexity index is 215. The standard InChI is InChI=1S/C8H14N2O4/c1-14-6-2-4-9-8(13)10-5-3-7(11)12/h3,5H,2,4,6H2,1H3,(H,11,12)(H2,9,10,13)/b5-3+. The van der Waals surface area contributed by atoms with Crippen LogP contribution in [-0.4, -0.2) is 37.4 Å². The number of methoxy groups -OCH3 is 1. The molecular formula is C8H14N2O4. The number of carboxylic acids is 1. The van der Waals surface area contributed by atoms with Crippen molar-refractivity contribution < 1.29 is 19.4 Å². The summed E-state index contributed by atoms with van der Waals surface area (Å²) in [5.41, 5.74) is 0. The predicted octanol–water partition coefficient (Wildman–Crippen LogP) is -0.0796. The minimum Gasteiger partial charge on any atom is -0.478 e. The molecule has 2 amide bonds. The Kier molecular flexibility index (Phi) is 7.16. The lowest BCUT2D eigenvalue weighted by atomic mass is 10.4. The Hall–Kier alpha value is -1.56. The molecule has 0 radical (unpaired) electrons. The van der Waals surface area contributed by atoms with Crippen molar-refractivity contribution in [1.29, 1.82) is 0 Å². The first-order valence-corrected chi connectivity index (χ1v) is 4.09. The first-order valence-electron chi connectivity index (χ1n) is 4.09. The Morgan fingerprint density at radius 3 is 2.79 bits per heavy atom. The first-order chi connectivity index (χ1) is 6.66. The maximum Gasteiger partial charge on any atom is 0.329 e. The first kappa shape index (κ1) is 12.4. The summed E-state index contributed by atoms with van der Waals surface area (Å²) in [7, 11) is 1.58. The number of urea groups is 1. The minimum absolute atomic E-state index is 0.432. The highest BCUT2D eigenvalue weighted by Crippen LogP contribution is 1.77. The minimum atomic E-state index is -1.11. The zero-order valence-corrected chi connectivity index (χ0v) is 7.95. The zero-order valence-electron chi connectivity index (χ0n) is 7.95. The van der Waals surface area contributed by atoms with E-state index in [9.17, 15) is 9.59 Å². The number of rotatable bonds is 6. The van der Waals surface area contributed by atoms with Crippen LogP contribution >= 0.6 is 0 Å². The Morgan fingerprint density at radius 1 is 1.50 bits per heavy atom. The smallest absolute Gasteiger partial charge is 0.329 e. The molecule has 0 aliphatic heterocycles. The van der Waals surface area contributed by atoms with Crippen molar-refractivity contribution in [3.63, 3.8) is 0 Å². The molecule has 0 saturated heterocycles. The van der Waals surface area contributed by atoms with Crippen LogP contribution in [0.4, 0.5) is 4.79 Å². The topological polar surface area (TPSA) is 87.7 Å². The van der Waals surface area contributed by atoms with Gasteiger partial charge in [-0.3, -0.25) is 0 Å². The van der Waals surface area contributed by atoms with Crippen molar-refractivity contribution in [3.05, 3.63) is 12.3 Å². The molecule has 80 valence electrons. The van der Waals surface area contributed by atoms with Crippen LogP contribution in [0.2, 0.25) is 0 Å². The Morgan fingerprint density at radius 2 is 2.21 bits per heavy atom. The highest BCUT2D eigenvalue weighted by molar-refractivity contribution is 5.81. The van der Waals surface area contributed by atoms with Gasteiger partial charge in [-0.15, -0.1) is 0 Å². The fourth-order valence-electron chi connectivity index (χ4n) is 0.658. The Balaban J connectivity index is 3.41. The maximum absolute atomic E-state index is 10.9. The molecule has 0 atom stereocenters. The molecule has 0 aliphatic rings. The molecule has 0 aliphatic carbocycles. The summed E-state index contributed by atoms with van der Waals surface area (Å²) < 4.78 is 4.77. The molecule has 0 aromatic heterocycles. The molecule has 0 aromatic rings. The molecule has 0 rings (SSSR count). The summed E-state index contributed by atoms with van der Waals surface area (Å²) >= 11 is 0. The monoisotopic (exact) mass is 202 g/mol. The fourth-order valence-corrected chi connectivity index (χ4v) is 0.658.